The lowest BCUT2D eigenvalue weighted by Gasteiger charge is -2.16. The zero-order chi connectivity index (χ0) is 26.3. The summed E-state index contributed by atoms with van der Waals surface area (Å²) in [7, 11) is 1.92. The maximum absolute atomic E-state index is 14.3. The highest BCUT2D eigenvalue weighted by atomic mass is 32.1. The van der Waals surface area contributed by atoms with Crippen molar-refractivity contribution in [1.29, 1.82) is 0 Å². The number of halogens is 1. The topological polar surface area (TPSA) is 72.9 Å². The predicted molar refractivity (Wildman–Crippen MR) is 145 cm³/mol. The van der Waals surface area contributed by atoms with E-state index in [1.165, 1.54) is 23.5 Å². The van der Waals surface area contributed by atoms with Gasteiger partial charge in [-0.15, -0.1) is 11.3 Å². The molecule has 5 aromatic rings. The summed E-state index contributed by atoms with van der Waals surface area (Å²) in [5.74, 6) is -1.03. The van der Waals surface area contributed by atoms with Gasteiger partial charge in [0.1, 0.15) is 5.82 Å². The van der Waals surface area contributed by atoms with E-state index in [-0.39, 0.29) is 16.9 Å². The van der Waals surface area contributed by atoms with E-state index >= 15 is 0 Å². The van der Waals surface area contributed by atoms with Gasteiger partial charge in [0.2, 0.25) is 0 Å². The standard InChI is InChI=1S/C29H27FN4O2S/c1-17-26(24-15-21(16-37-24)25-18(2)32-33(4)19(25)3)29(36)34(14-13-20-9-6-5-7-10-20)28(31-17)22-11-8-12-23(30)27(22)35/h5-12,15-16,35H,13-14H2,1-4H3. The summed E-state index contributed by atoms with van der Waals surface area (Å²) in [4.78, 5) is 19.6. The molecule has 0 amide bonds. The molecular formula is C29H27FN4O2S. The molecule has 2 aromatic carbocycles. The highest BCUT2D eigenvalue weighted by Crippen LogP contribution is 2.36. The van der Waals surface area contributed by atoms with Gasteiger partial charge in [0.25, 0.3) is 5.56 Å². The van der Waals surface area contributed by atoms with Crippen molar-refractivity contribution >= 4 is 11.3 Å². The number of benzene rings is 2. The normalized spacial score (nSPS) is 11.3. The number of nitrogens with zero attached hydrogens (tertiary/aromatic N) is 4. The van der Waals surface area contributed by atoms with Crippen LogP contribution in [0.4, 0.5) is 4.39 Å². The minimum absolute atomic E-state index is 0.188. The quantitative estimate of drug-likeness (QED) is 0.299. The van der Waals surface area contributed by atoms with Gasteiger partial charge in [0, 0.05) is 29.7 Å². The van der Waals surface area contributed by atoms with Crippen LogP contribution in [0.25, 0.3) is 33.0 Å². The average molecular weight is 515 g/mol. The van der Waals surface area contributed by atoms with Crippen LogP contribution in [0.15, 0.2) is 64.8 Å². The van der Waals surface area contributed by atoms with Crippen LogP contribution in [0.1, 0.15) is 22.6 Å². The van der Waals surface area contributed by atoms with Gasteiger partial charge in [-0.3, -0.25) is 14.0 Å². The molecular weight excluding hydrogens is 487 g/mol. The average Bonchev–Trinajstić information content (AvgIpc) is 3.44. The minimum Gasteiger partial charge on any atom is -0.504 e. The molecule has 0 bridgehead atoms. The molecule has 5 rings (SSSR count). The number of thiophene rings is 1. The molecule has 0 saturated heterocycles. The van der Waals surface area contributed by atoms with Crippen molar-refractivity contribution in [3.8, 4) is 38.7 Å². The smallest absolute Gasteiger partial charge is 0.262 e. The third-order valence-electron chi connectivity index (χ3n) is 6.69. The number of aryl methyl sites for hydroxylation is 4. The fraction of sp³-hybridized carbons (Fsp3) is 0.207. The first-order valence-electron chi connectivity index (χ1n) is 12.0. The van der Waals surface area contributed by atoms with Crippen LogP contribution in [0, 0.1) is 26.6 Å². The highest BCUT2D eigenvalue weighted by molar-refractivity contribution is 7.14. The Hall–Kier alpha value is -4.04. The molecule has 0 radical (unpaired) electrons. The molecule has 3 aromatic heterocycles. The van der Waals surface area contributed by atoms with E-state index in [2.05, 4.69) is 5.10 Å². The highest BCUT2D eigenvalue weighted by Gasteiger charge is 2.22. The van der Waals surface area contributed by atoms with Crippen LogP contribution in [0.3, 0.4) is 0 Å². The summed E-state index contributed by atoms with van der Waals surface area (Å²) in [5, 5.41) is 17.0. The molecule has 0 aliphatic carbocycles. The van der Waals surface area contributed by atoms with Crippen molar-refractivity contribution in [3.63, 3.8) is 0 Å². The number of para-hydroxylation sites is 1. The molecule has 0 saturated carbocycles. The molecule has 8 heteroatoms. The number of hydrogen-bond acceptors (Lipinski definition) is 5. The second-order valence-corrected chi connectivity index (χ2v) is 10.0. The predicted octanol–water partition coefficient (Wildman–Crippen LogP) is 6.05. The molecule has 3 heterocycles. The second kappa shape index (κ2) is 9.78. The third-order valence-corrected chi connectivity index (χ3v) is 7.64. The summed E-state index contributed by atoms with van der Waals surface area (Å²) in [6.45, 7) is 6.10. The molecule has 0 atom stereocenters. The Morgan fingerprint density at radius 3 is 2.46 bits per heavy atom. The van der Waals surface area contributed by atoms with Gasteiger partial charge >= 0.3 is 0 Å². The molecule has 1 N–H and O–H groups in total. The van der Waals surface area contributed by atoms with Gasteiger partial charge in [-0.1, -0.05) is 36.4 Å². The summed E-state index contributed by atoms with van der Waals surface area (Å²) in [6, 6.07) is 16.1. The number of aromatic nitrogens is 4. The number of hydrogen-bond donors (Lipinski definition) is 1. The number of rotatable bonds is 6. The van der Waals surface area contributed by atoms with Gasteiger partial charge < -0.3 is 5.11 Å². The lowest BCUT2D eigenvalue weighted by molar-refractivity contribution is 0.433. The third kappa shape index (κ3) is 4.49. The van der Waals surface area contributed by atoms with Gasteiger partial charge in [-0.25, -0.2) is 9.37 Å². The van der Waals surface area contributed by atoms with Crippen molar-refractivity contribution in [2.45, 2.75) is 33.7 Å². The monoisotopic (exact) mass is 514 g/mol. The molecule has 6 nitrogen and oxygen atoms in total. The Labute approximate surface area is 218 Å². The Kier molecular flexibility index (Phi) is 6.52. The van der Waals surface area contributed by atoms with Gasteiger partial charge in [-0.2, -0.15) is 5.10 Å². The van der Waals surface area contributed by atoms with E-state index in [9.17, 15) is 14.3 Å². The van der Waals surface area contributed by atoms with Crippen molar-refractivity contribution in [1.82, 2.24) is 19.3 Å². The first-order chi connectivity index (χ1) is 17.8. The van der Waals surface area contributed by atoms with Crippen LogP contribution >= 0.6 is 11.3 Å². The summed E-state index contributed by atoms with van der Waals surface area (Å²) >= 11 is 1.48. The van der Waals surface area contributed by atoms with Crippen molar-refractivity contribution in [2.24, 2.45) is 7.05 Å². The Morgan fingerprint density at radius 1 is 1.00 bits per heavy atom. The minimum atomic E-state index is -0.756. The lowest BCUT2D eigenvalue weighted by Crippen LogP contribution is -2.27. The van der Waals surface area contributed by atoms with Crippen LogP contribution in [0.2, 0.25) is 0 Å². The molecule has 188 valence electrons. The fourth-order valence-corrected chi connectivity index (χ4v) is 5.72. The molecule has 0 fully saturated rings. The van der Waals surface area contributed by atoms with Gasteiger partial charge in [-0.05, 0) is 61.9 Å². The molecule has 37 heavy (non-hydrogen) atoms. The molecule has 0 aliphatic heterocycles. The maximum atomic E-state index is 14.3. The summed E-state index contributed by atoms with van der Waals surface area (Å²) in [6.07, 6.45) is 0.581. The largest absolute Gasteiger partial charge is 0.504 e. The first kappa shape index (κ1) is 24.6. The van der Waals surface area contributed by atoms with Crippen molar-refractivity contribution in [2.75, 3.05) is 0 Å². The van der Waals surface area contributed by atoms with E-state index in [4.69, 9.17) is 4.98 Å². The Bertz CT molecular complexity index is 1670. The molecule has 0 aliphatic rings. The fourth-order valence-electron chi connectivity index (χ4n) is 4.73. The van der Waals surface area contributed by atoms with Crippen molar-refractivity contribution in [3.05, 3.63) is 98.8 Å². The van der Waals surface area contributed by atoms with Gasteiger partial charge in [0.15, 0.2) is 11.6 Å². The van der Waals surface area contributed by atoms with E-state index in [0.717, 1.165) is 33.0 Å². The van der Waals surface area contributed by atoms with E-state index < -0.39 is 11.6 Å². The van der Waals surface area contributed by atoms with E-state index in [1.807, 2.05) is 67.4 Å². The van der Waals surface area contributed by atoms with Crippen LogP contribution in [-0.4, -0.2) is 24.4 Å². The second-order valence-electron chi connectivity index (χ2n) is 9.09. The summed E-state index contributed by atoms with van der Waals surface area (Å²) in [5.41, 5.74) is 6.09. The maximum Gasteiger partial charge on any atom is 0.262 e. The van der Waals surface area contributed by atoms with Crippen LogP contribution < -0.4 is 5.56 Å². The number of phenolic OH excluding ortho intramolecular Hbond substituents is 1. The van der Waals surface area contributed by atoms with Gasteiger partial charge in [0.05, 0.1) is 22.5 Å². The van der Waals surface area contributed by atoms with Crippen LogP contribution in [0.5, 0.6) is 5.75 Å². The van der Waals surface area contributed by atoms with E-state index in [1.54, 1.807) is 17.6 Å². The first-order valence-corrected chi connectivity index (χ1v) is 12.9. The zero-order valence-electron chi connectivity index (χ0n) is 21.1. The molecule has 0 unspecified atom stereocenters. The summed E-state index contributed by atoms with van der Waals surface area (Å²) < 4.78 is 17.7. The zero-order valence-corrected chi connectivity index (χ0v) is 21.9. The SMILES string of the molecule is Cc1nn(C)c(C)c1-c1csc(-c2c(C)nc(-c3cccc(F)c3O)n(CCc3ccccc3)c2=O)c1. The molecule has 0 spiro atoms. The number of phenols is 1. The van der Waals surface area contributed by atoms with Crippen LogP contribution in [-0.2, 0) is 20.0 Å². The van der Waals surface area contributed by atoms with Crippen molar-refractivity contribution < 1.29 is 9.50 Å². The lowest BCUT2D eigenvalue weighted by atomic mass is 10.1. The Balaban J connectivity index is 1.66. The Morgan fingerprint density at radius 2 is 1.76 bits per heavy atom. The number of aromatic hydroxyl groups is 1. The van der Waals surface area contributed by atoms with E-state index in [0.29, 0.717) is 24.2 Å².